The summed E-state index contributed by atoms with van der Waals surface area (Å²) in [4.78, 5) is 5.31. The van der Waals surface area contributed by atoms with E-state index in [1.807, 2.05) is 0 Å². The number of hydrogen-bond acceptors (Lipinski definition) is 3. The van der Waals surface area contributed by atoms with Crippen molar-refractivity contribution >= 4 is 0 Å². The maximum absolute atomic E-state index is 3.37. The molecule has 0 radical (unpaired) electrons. The van der Waals surface area contributed by atoms with Gasteiger partial charge in [-0.2, -0.15) is 0 Å². The normalized spacial score (nSPS) is 26.6. The van der Waals surface area contributed by atoms with Crippen LogP contribution < -0.4 is 5.32 Å². The quantitative estimate of drug-likeness (QED) is 0.738. The van der Waals surface area contributed by atoms with E-state index in [1.165, 1.54) is 52.2 Å². The first kappa shape index (κ1) is 11.4. The molecule has 0 aliphatic carbocycles. The second-order valence-electron chi connectivity index (χ2n) is 5.40. The molecule has 1 N–H and O–H groups in total. The van der Waals surface area contributed by atoms with Gasteiger partial charge in [0.25, 0.3) is 0 Å². The molecule has 0 aromatic rings. The Morgan fingerprint density at radius 2 is 1.93 bits per heavy atom. The van der Waals surface area contributed by atoms with Crippen LogP contribution in [0.2, 0.25) is 0 Å². The zero-order valence-electron chi connectivity index (χ0n) is 10.2. The van der Waals surface area contributed by atoms with Crippen molar-refractivity contribution in [3.63, 3.8) is 0 Å². The summed E-state index contributed by atoms with van der Waals surface area (Å²) < 4.78 is 0. The highest BCUT2D eigenvalue weighted by Crippen LogP contribution is 2.11. The number of rotatable bonds is 3. The van der Waals surface area contributed by atoms with Crippen LogP contribution in [0.1, 0.15) is 20.3 Å². The van der Waals surface area contributed by atoms with Gasteiger partial charge in [-0.15, -0.1) is 0 Å². The third-order valence-corrected chi connectivity index (χ3v) is 3.52. The van der Waals surface area contributed by atoms with Crippen LogP contribution in [0.25, 0.3) is 0 Å². The minimum atomic E-state index is 0.807. The fourth-order valence-electron chi connectivity index (χ4n) is 2.59. The molecule has 0 unspecified atom stereocenters. The van der Waals surface area contributed by atoms with E-state index in [2.05, 4.69) is 29.0 Å². The Hall–Kier alpha value is -0.120. The van der Waals surface area contributed by atoms with Gasteiger partial charge < -0.3 is 10.2 Å². The lowest BCUT2D eigenvalue weighted by Crippen LogP contribution is -2.57. The molecule has 2 aliphatic rings. The molecule has 0 aromatic heterocycles. The smallest absolute Gasteiger partial charge is 0.0345 e. The van der Waals surface area contributed by atoms with E-state index in [9.17, 15) is 0 Å². The SMILES string of the molecule is CC(C)CN1CCCN(C2CNC2)CC1. The fourth-order valence-corrected chi connectivity index (χ4v) is 2.59. The summed E-state index contributed by atoms with van der Waals surface area (Å²) in [6.45, 7) is 13.5. The summed E-state index contributed by atoms with van der Waals surface area (Å²) in [6.07, 6.45) is 1.35. The lowest BCUT2D eigenvalue weighted by atomic mass is 10.1. The number of nitrogens with one attached hydrogen (secondary N) is 1. The van der Waals surface area contributed by atoms with Gasteiger partial charge in [0.1, 0.15) is 0 Å². The Morgan fingerprint density at radius 3 is 2.53 bits per heavy atom. The molecule has 3 nitrogen and oxygen atoms in total. The van der Waals surface area contributed by atoms with Crippen LogP contribution in [0.4, 0.5) is 0 Å². The third kappa shape index (κ3) is 3.16. The third-order valence-electron chi connectivity index (χ3n) is 3.52. The van der Waals surface area contributed by atoms with Crippen molar-refractivity contribution in [1.29, 1.82) is 0 Å². The van der Waals surface area contributed by atoms with Crippen molar-refractivity contribution in [3.8, 4) is 0 Å². The standard InChI is InChI=1S/C12H25N3/c1-11(2)10-14-4-3-5-15(7-6-14)12-8-13-9-12/h11-13H,3-10H2,1-2H3. The summed E-state index contributed by atoms with van der Waals surface area (Å²) in [5.74, 6) is 0.807. The van der Waals surface area contributed by atoms with E-state index < -0.39 is 0 Å². The molecule has 2 saturated heterocycles. The Bertz CT molecular complexity index is 189. The summed E-state index contributed by atoms with van der Waals surface area (Å²) >= 11 is 0. The first-order valence-electron chi connectivity index (χ1n) is 6.43. The van der Waals surface area contributed by atoms with Crippen LogP contribution in [0.15, 0.2) is 0 Å². The monoisotopic (exact) mass is 211 g/mol. The first-order chi connectivity index (χ1) is 7.25. The highest BCUT2D eigenvalue weighted by atomic mass is 15.3. The maximum atomic E-state index is 3.37. The van der Waals surface area contributed by atoms with Crippen molar-refractivity contribution in [2.24, 2.45) is 5.92 Å². The molecule has 88 valence electrons. The van der Waals surface area contributed by atoms with Gasteiger partial charge in [0.05, 0.1) is 0 Å². The van der Waals surface area contributed by atoms with Gasteiger partial charge in [-0.25, -0.2) is 0 Å². The topological polar surface area (TPSA) is 18.5 Å². The summed E-state index contributed by atoms with van der Waals surface area (Å²) in [6, 6.07) is 0.837. The Morgan fingerprint density at radius 1 is 1.13 bits per heavy atom. The zero-order chi connectivity index (χ0) is 10.7. The van der Waals surface area contributed by atoms with Gasteiger partial charge in [0, 0.05) is 38.8 Å². The van der Waals surface area contributed by atoms with Gasteiger partial charge >= 0.3 is 0 Å². The van der Waals surface area contributed by atoms with Crippen LogP contribution in [0, 0.1) is 5.92 Å². The fraction of sp³-hybridized carbons (Fsp3) is 1.00. The minimum absolute atomic E-state index is 0.807. The van der Waals surface area contributed by atoms with E-state index >= 15 is 0 Å². The Kier molecular flexibility index (Phi) is 4.00. The Balaban J connectivity index is 1.75. The zero-order valence-corrected chi connectivity index (χ0v) is 10.2. The predicted octanol–water partition coefficient (Wildman–Crippen LogP) is 0.622. The van der Waals surface area contributed by atoms with E-state index in [1.54, 1.807) is 0 Å². The molecule has 0 saturated carbocycles. The first-order valence-corrected chi connectivity index (χ1v) is 6.43. The number of nitrogens with zero attached hydrogens (tertiary/aromatic N) is 2. The molecule has 0 aromatic carbocycles. The van der Waals surface area contributed by atoms with Crippen LogP contribution in [0.3, 0.4) is 0 Å². The summed E-state index contributed by atoms with van der Waals surface area (Å²) in [5.41, 5.74) is 0. The largest absolute Gasteiger partial charge is 0.314 e. The van der Waals surface area contributed by atoms with Crippen molar-refractivity contribution < 1.29 is 0 Å². The minimum Gasteiger partial charge on any atom is -0.314 e. The van der Waals surface area contributed by atoms with Gasteiger partial charge in [-0.05, 0) is 25.4 Å². The van der Waals surface area contributed by atoms with Crippen molar-refractivity contribution in [1.82, 2.24) is 15.1 Å². The molecule has 2 rings (SSSR count). The van der Waals surface area contributed by atoms with E-state index in [0.29, 0.717) is 0 Å². The molecule has 0 atom stereocenters. The molecule has 0 bridgehead atoms. The number of hydrogen-bond donors (Lipinski definition) is 1. The molecule has 2 fully saturated rings. The lowest BCUT2D eigenvalue weighted by Gasteiger charge is -2.37. The molecule has 15 heavy (non-hydrogen) atoms. The van der Waals surface area contributed by atoms with Gasteiger partial charge in [-0.3, -0.25) is 4.90 Å². The second kappa shape index (κ2) is 5.28. The molecule has 2 heterocycles. The summed E-state index contributed by atoms with van der Waals surface area (Å²) in [7, 11) is 0. The highest BCUT2D eigenvalue weighted by molar-refractivity contribution is 4.86. The van der Waals surface area contributed by atoms with Gasteiger partial charge in [0.15, 0.2) is 0 Å². The van der Waals surface area contributed by atoms with E-state index in [-0.39, 0.29) is 0 Å². The van der Waals surface area contributed by atoms with Crippen LogP contribution in [-0.4, -0.2) is 61.7 Å². The second-order valence-corrected chi connectivity index (χ2v) is 5.40. The average Bonchev–Trinajstić information content (AvgIpc) is 2.27. The molecule has 2 aliphatic heterocycles. The van der Waals surface area contributed by atoms with Crippen molar-refractivity contribution in [2.45, 2.75) is 26.3 Å². The summed E-state index contributed by atoms with van der Waals surface area (Å²) in [5, 5.41) is 3.37. The molecule has 3 heteroatoms. The van der Waals surface area contributed by atoms with E-state index in [4.69, 9.17) is 0 Å². The lowest BCUT2D eigenvalue weighted by molar-refractivity contribution is 0.147. The van der Waals surface area contributed by atoms with Gasteiger partial charge in [-0.1, -0.05) is 13.8 Å². The van der Waals surface area contributed by atoms with Crippen LogP contribution >= 0.6 is 0 Å². The van der Waals surface area contributed by atoms with Crippen LogP contribution in [0.5, 0.6) is 0 Å². The van der Waals surface area contributed by atoms with Gasteiger partial charge in [0.2, 0.25) is 0 Å². The van der Waals surface area contributed by atoms with Crippen molar-refractivity contribution in [2.75, 3.05) is 45.8 Å². The van der Waals surface area contributed by atoms with Crippen molar-refractivity contribution in [3.05, 3.63) is 0 Å². The van der Waals surface area contributed by atoms with Crippen LogP contribution in [-0.2, 0) is 0 Å². The molecular formula is C12H25N3. The maximum Gasteiger partial charge on any atom is 0.0345 e. The molecular weight excluding hydrogens is 186 g/mol. The average molecular weight is 211 g/mol. The Labute approximate surface area is 93.8 Å². The predicted molar refractivity (Wildman–Crippen MR) is 64.1 cm³/mol. The molecule has 0 amide bonds. The molecule has 0 spiro atoms. The highest BCUT2D eigenvalue weighted by Gasteiger charge is 2.26. The van der Waals surface area contributed by atoms with E-state index in [0.717, 1.165) is 12.0 Å².